The van der Waals surface area contributed by atoms with Gasteiger partial charge in [0.2, 0.25) is 5.91 Å². The van der Waals surface area contributed by atoms with Crippen molar-refractivity contribution in [2.45, 2.75) is 19.4 Å². The lowest BCUT2D eigenvalue weighted by atomic mass is 10.0. The summed E-state index contributed by atoms with van der Waals surface area (Å²) in [4.78, 5) is 13.9. The van der Waals surface area contributed by atoms with E-state index in [1.54, 1.807) is 17.1 Å². The van der Waals surface area contributed by atoms with E-state index >= 15 is 0 Å². The van der Waals surface area contributed by atoms with E-state index in [-0.39, 0.29) is 17.9 Å². The van der Waals surface area contributed by atoms with Crippen molar-refractivity contribution < 1.29 is 4.79 Å². The molecule has 0 aromatic heterocycles. The summed E-state index contributed by atoms with van der Waals surface area (Å²) < 4.78 is 0. The standard InChI is InChI=1S/C12H20N2O/c1-4-8-14(9-5-2)12(15)11-6-7-13-10(11)3/h4-5,10-11,13H,1-2,6-9H2,3H3. The predicted molar refractivity (Wildman–Crippen MR) is 62.5 cm³/mol. The molecule has 1 saturated heterocycles. The van der Waals surface area contributed by atoms with Gasteiger partial charge in [-0.15, -0.1) is 13.2 Å². The summed E-state index contributed by atoms with van der Waals surface area (Å²) in [5.74, 6) is 0.331. The maximum Gasteiger partial charge on any atom is 0.227 e. The van der Waals surface area contributed by atoms with Crippen molar-refractivity contribution in [3.63, 3.8) is 0 Å². The zero-order valence-corrected chi connectivity index (χ0v) is 9.41. The fourth-order valence-electron chi connectivity index (χ4n) is 2.00. The number of hydrogen-bond donors (Lipinski definition) is 1. The Hall–Kier alpha value is -1.09. The average molecular weight is 208 g/mol. The van der Waals surface area contributed by atoms with Gasteiger partial charge < -0.3 is 10.2 Å². The van der Waals surface area contributed by atoms with Crippen molar-refractivity contribution in [1.82, 2.24) is 10.2 Å². The Morgan fingerprint density at radius 1 is 1.47 bits per heavy atom. The number of nitrogens with zero attached hydrogens (tertiary/aromatic N) is 1. The summed E-state index contributed by atoms with van der Waals surface area (Å²) in [5.41, 5.74) is 0. The zero-order chi connectivity index (χ0) is 11.3. The maximum atomic E-state index is 12.1. The van der Waals surface area contributed by atoms with Crippen molar-refractivity contribution in [2.24, 2.45) is 5.92 Å². The minimum Gasteiger partial charge on any atom is -0.335 e. The van der Waals surface area contributed by atoms with Crippen LogP contribution in [0.4, 0.5) is 0 Å². The molecule has 1 heterocycles. The van der Waals surface area contributed by atoms with Crippen LogP contribution in [-0.2, 0) is 4.79 Å². The molecule has 2 unspecified atom stereocenters. The van der Waals surface area contributed by atoms with Crippen LogP contribution in [-0.4, -0.2) is 36.5 Å². The Kier molecular flexibility index (Phi) is 4.56. The molecule has 0 aromatic rings. The monoisotopic (exact) mass is 208 g/mol. The van der Waals surface area contributed by atoms with Crippen LogP contribution in [0.25, 0.3) is 0 Å². The van der Waals surface area contributed by atoms with E-state index in [4.69, 9.17) is 0 Å². The highest BCUT2D eigenvalue weighted by Gasteiger charge is 2.31. The summed E-state index contributed by atoms with van der Waals surface area (Å²) in [6.45, 7) is 11.5. The Balaban J connectivity index is 2.61. The van der Waals surface area contributed by atoms with Gasteiger partial charge >= 0.3 is 0 Å². The summed E-state index contributed by atoms with van der Waals surface area (Å²) in [7, 11) is 0. The number of amides is 1. The first-order valence-electron chi connectivity index (χ1n) is 5.44. The zero-order valence-electron chi connectivity index (χ0n) is 9.41. The van der Waals surface area contributed by atoms with Gasteiger partial charge in [0.25, 0.3) is 0 Å². The summed E-state index contributed by atoms with van der Waals surface area (Å²) in [6, 6.07) is 0.287. The van der Waals surface area contributed by atoms with Crippen LogP contribution in [0.15, 0.2) is 25.3 Å². The molecule has 1 rings (SSSR count). The molecule has 84 valence electrons. The van der Waals surface area contributed by atoms with Crippen molar-refractivity contribution in [2.75, 3.05) is 19.6 Å². The molecule has 3 heteroatoms. The number of carbonyl (C=O) groups excluding carboxylic acids is 1. The number of nitrogens with one attached hydrogen (secondary N) is 1. The highest BCUT2D eigenvalue weighted by Crippen LogP contribution is 2.18. The third-order valence-electron chi connectivity index (χ3n) is 2.85. The van der Waals surface area contributed by atoms with Crippen LogP contribution < -0.4 is 5.32 Å². The van der Waals surface area contributed by atoms with Gasteiger partial charge in [-0.1, -0.05) is 12.2 Å². The maximum absolute atomic E-state index is 12.1. The van der Waals surface area contributed by atoms with Gasteiger partial charge in [0.1, 0.15) is 0 Å². The molecule has 0 aromatic carbocycles. The third kappa shape index (κ3) is 2.93. The lowest BCUT2D eigenvalue weighted by Gasteiger charge is -2.24. The molecule has 0 saturated carbocycles. The Morgan fingerprint density at radius 3 is 2.47 bits per heavy atom. The molecule has 0 aliphatic carbocycles. The van der Waals surface area contributed by atoms with Crippen molar-refractivity contribution in [1.29, 1.82) is 0 Å². The van der Waals surface area contributed by atoms with Gasteiger partial charge in [-0.3, -0.25) is 4.79 Å². The number of rotatable bonds is 5. The molecule has 1 amide bonds. The van der Waals surface area contributed by atoms with E-state index in [9.17, 15) is 4.79 Å². The minimum absolute atomic E-state index is 0.116. The van der Waals surface area contributed by atoms with Crippen LogP contribution in [0.1, 0.15) is 13.3 Å². The van der Waals surface area contributed by atoms with Gasteiger partial charge in [0.15, 0.2) is 0 Å². The van der Waals surface area contributed by atoms with E-state index in [0.29, 0.717) is 13.1 Å². The predicted octanol–water partition coefficient (Wildman–Crippen LogP) is 1.18. The SMILES string of the molecule is C=CCN(CC=C)C(=O)C1CCNC1C. The second kappa shape index (κ2) is 5.71. The van der Waals surface area contributed by atoms with Gasteiger partial charge in [0.05, 0.1) is 5.92 Å². The molecule has 0 spiro atoms. The molecular weight excluding hydrogens is 188 g/mol. The van der Waals surface area contributed by atoms with Crippen LogP contribution >= 0.6 is 0 Å². The molecule has 0 bridgehead atoms. The first kappa shape index (κ1) is 12.0. The van der Waals surface area contributed by atoms with Crippen LogP contribution in [0, 0.1) is 5.92 Å². The van der Waals surface area contributed by atoms with Gasteiger partial charge in [-0.05, 0) is 19.9 Å². The molecule has 1 N–H and O–H groups in total. The molecule has 3 nitrogen and oxygen atoms in total. The summed E-state index contributed by atoms with van der Waals surface area (Å²) in [5, 5.41) is 3.29. The smallest absolute Gasteiger partial charge is 0.227 e. The normalized spacial score (nSPS) is 24.9. The lowest BCUT2D eigenvalue weighted by Crippen LogP contribution is -2.40. The molecule has 1 aliphatic heterocycles. The highest BCUT2D eigenvalue weighted by atomic mass is 16.2. The average Bonchev–Trinajstić information content (AvgIpc) is 2.63. The first-order valence-corrected chi connectivity index (χ1v) is 5.44. The molecule has 1 fully saturated rings. The molecule has 0 radical (unpaired) electrons. The second-order valence-corrected chi connectivity index (χ2v) is 3.96. The van der Waals surface area contributed by atoms with E-state index in [1.165, 1.54) is 0 Å². The molecule has 2 atom stereocenters. The largest absolute Gasteiger partial charge is 0.335 e. The number of hydrogen-bond acceptors (Lipinski definition) is 2. The van der Waals surface area contributed by atoms with Gasteiger partial charge in [0, 0.05) is 19.1 Å². The Morgan fingerprint density at radius 2 is 2.07 bits per heavy atom. The van der Waals surface area contributed by atoms with E-state index in [1.807, 2.05) is 0 Å². The van der Waals surface area contributed by atoms with Crippen LogP contribution in [0.3, 0.4) is 0 Å². The Labute approximate surface area is 91.8 Å². The second-order valence-electron chi connectivity index (χ2n) is 3.96. The highest BCUT2D eigenvalue weighted by molar-refractivity contribution is 5.80. The fourth-order valence-corrected chi connectivity index (χ4v) is 2.00. The van der Waals surface area contributed by atoms with E-state index in [0.717, 1.165) is 13.0 Å². The van der Waals surface area contributed by atoms with E-state index in [2.05, 4.69) is 25.4 Å². The van der Waals surface area contributed by atoms with Gasteiger partial charge in [-0.2, -0.15) is 0 Å². The van der Waals surface area contributed by atoms with Crippen LogP contribution in [0.2, 0.25) is 0 Å². The summed E-state index contributed by atoms with van der Waals surface area (Å²) in [6.07, 6.45) is 4.45. The fraction of sp³-hybridized carbons (Fsp3) is 0.583. The van der Waals surface area contributed by atoms with Crippen molar-refractivity contribution >= 4 is 5.91 Å². The van der Waals surface area contributed by atoms with Crippen molar-refractivity contribution in [3.8, 4) is 0 Å². The topological polar surface area (TPSA) is 32.3 Å². The molecular formula is C12H20N2O. The van der Waals surface area contributed by atoms with Crippen LogP contribution in [0.5, 0.6) is 0 Å². The Bertz CT molecular complexity index is 240. The summed E-state index contributed by atoms with van der Waals surface area (Å²) >= 11 is 0. The first-order chi connectivity index (χ1) is 7.20. The van der Waals surface area contributed by atoms with E-state index < -0.39 is 0 Å². The lowest BCUT2D eigenvalue weighted by molar-refractivity contribution is -0.134. The van der Waals surface area contributed by atoms with Crippen molar-refractivity contribution in [3.05, 3.63) is 25.3 Å². The molecule has 1 aliphatic rings. The number of carbonyl (C=O) groups is 1. The minimum atomic E-state index is 0.116. The molecule has 15 heavy (non-hydrogen) atoms. The quantitative estimate of drug-likeness (QED) is 0.688. The van der Waals surface area contributed by atoms with Gasteiger partial charge in [-0.25, -0.2) is 0 Å². The third-order valence-corrected chi connectivity index (χ3v) is 2.85.